The Hall–Kier alpha value is -2.51. The van der Waals surface area contributed by atoms with Crippen LogP contribution in [0.3, 0.4) is 0 Å². The minimum Gasteiger partial charge on any atom is -0.497 e. The number of aromatic nitrogens is 1. The van der Waals surface area contributed by atoms with Gasteiger partial charge < -0.3 is 14.5 Å². The van der Waals surface area contributed by atoms with Gasteiger partial charge in [0.05, 0.1) is 14.2 Å². The molecule has 0 radical (unpaired) electrons. The van der Waals surface area contributed by atoms with Crippen molar-refractivity contribution < 1.29 is 17.9 Å². The third-order valence-electron chi connectivity index (χ3n) is 5.08. The van der Waals surface area contributed by atoms with Gasteiger partial charge in [0.1, 0.15) is 16.4 Å². The predicted octanol–water partition coefficient (Wildman–Crippen LogP) is 3.02. The lowest BCUT2D eigenvalue weighted by molar-refractivity contribution is 0.385. The molecule has 6 nitrogen and oxygen atoms in total. The van der Waals surface area contributed by atoms with E-state index in [-0.39, 0.29) is 16.7 Å². The van der Waals surface area contributed by atoms with Crippen LogP contribution in [0.2, 0.25) is 0 Å². The molecule has 0 aliphatic heterocycles. The first-order valence-corrected chi connectivity index (χ1v) is 10.3. The summed E-state index contributed by atoms with van der Waals surface area (Å²) in [6, 6.07) is 12.7. The van der Waals surface area contributed by atoms with E-state index in [2.05, 4.69) is 21.8 Å². The van der Waals surface area contributed by atoms with E-state index in [4.69, 9.17) is 9.47 Å². The van der Waals surface area contributed by atoms with E-state index in [9.17, 15) is 8.42 Å². The molecule has 1 aromatic heterocycles. The van der Waals surface area contributed by atoms with Crippen LogP contribution in [0.5, 0.6) is 11.5 Å². The number of aromatic amines is 1. The van der Waals surface area contributed by atoms with Gasteiger partial charge in [-0.3, -0.25) is 0 Å². The third-order valence-corrected chi connectivity index (χ3v) is 6.64. The molecule has 4 rings (SSSR count). The number of hydrogen-bond donors (Lipinski definition) is 2. The second-order valence-corrected chi connectivity index (χ2v) is 8.39. The van der Waals surface area contributed by atoms with E-state index in [0.717, 1.165) is 18.4 Å². The number of H-pyrrole nitrogens is 1. The maximum atomic E-state index is 13.0. The van der Waals surface area contributed by atoms with Crippen LogP contribution >= 0.6 is 0 Å². The van der Waals surface area contributed by atoms with Gasteiger partial charge in [0, 0.05) is 28.7 Å². The highest BCUT2D eigenvalue weighted by molar-refractivity contribution is 7.89. The zero-order chi connectivity index (χ0) is 19.0. The Morgan fingerprint density at radius 3 is 2.70 bits per heavy atom. The van der Waals surface area contributed by atoms with Gasteiger partial charge in [-0.25, -0.2) is 13.1 Å². The molecule has 0 amide bonds. The van der Waals surface area contributed by atoms with Crippen molar-refractivity contribution in [3.05, 3.63) is 53.7 Å². The molecule has 27 heavy (non-hydrogen) atoms. The molecular weight excluding hydrogens is 364 g/mol. The standard InChI is InChI=1S/C20H22N2O4S/c1-25-14-8-10-20(19(12-14)26-2)27(23,24)22-13-7-9-18-16(11-13)15-5-3-4-6-17(15)21-18/h3-6,8,10,12-13,21-22H,7,9,11H2,1-2H3. The summed E-state index contributed by atoms with van der Waals surface area (Å²) >= 11 is 0. The predicted molar refractivity (Wildman–Crippen MR) is 104 cm³/mol. The maximum Gasteiger partial charge on any atom is 0.244 e. The molecule has 1 aliphatic rings. The van der Waals surface area contributed by atoms with Crippen molar-refractivity contribution in [2.24, 2.45) is 0 Å². The molecule has 7 heteroatoms. The van der Waals surface area contributed by atoms with Crippen molar-refractivity contribution in [1.29, 1.82) is 0 Å². The second-order valence-electron chi connectivity index (χ2n) is 6.71. The summed E-state index contributed by atoms with van der Waals surface area (Å²) in [5.74, 6) is 0.817. The van der Waals surface area contributed by atoms with Crippen LogP contribution in [0.1, 0.15) is 17.7 Å². The van der Waals surface area contributed by atoms with E-state index in [1.54, 1.807) is 12.1 Å². The fourth-order valence-corrected chi connectivity index (χ4v) is 5.17. The van der Waals surface area contributed by atoms with Gasteiger partial charge in [0.2, 0.25) is 10.0 Å². The van der Waals surface area contributed by atoms with Crippen LogP contribution in [0.25, 0.3) is 10.9 Å². The highest BCUT2D eigenvalue weighted by Gasteiger charge is 2.28. The molecule has 1 aliphatic carbocycles. The minimum atomic E-state index is -3.71. The lowest BCUT2D eigenvalue weighted by Gasteiger charge is -2.24. The second kappa shape index (κ2) is 6.90. The Kier molecular flexibility index (Phi) is 4.57. The SMILES string of the molecule is COc1ccc(S(=O)(=O)NC2CCc3[nH]c4ccccc4c3C2)c(OC)c1. The molecule has 1 atom stereocenters. The van der Waals surface area contributed by atoms with Crippen molar-refractivity contribution in [2.75, 3.05) is 14.2 Å². The smallest absolute Gasteiger partial charge is 0.244 e. The van der Waals surface area contributed by atoms with Crippen molar-refractivity contribution >= 4 is 20.9 Å². The third kappa shape index (κ3) is 3.28. The van der Waals surface area contributed by atoms with Gasteiger partial charge in [-0.1, -0.05) is 18.2 Å². The average molecular weight is 386 g/mol. The van der Waals surface area contributed by atoms with Crippen molar-refractivity contribution in [3.8, 4) is 11.5 Å². The molecule has 0 saturated carbocycles. The zero-order valence-electron chi connectivity index (χ0n) is 15.3. The first-order chi connectivity index (χ1) is 13.0. The number of rotatable bonds is 5. The first kappa shape index (κ1) is 17.9. The van der Waals surface area contributed by atoms with Crippen LogP contribution in [0, 0.1) is 0 Å². The van der Waals surface area contributed by atoms with E-state index in [1.165, 1.54) is 36.9 Å². The van der Waals surface area contributed by atoms with Crippen LogP contribution in [-0.2, 0) is 22.9 Å². The highest BCUT2D eigenvalue weighted by atomic mass is 32.2. The summed E-state index contributed by atoms with van der Waals surface area (Å²) in [6.07, 6.45) is 2.23. The molecule has 2 N–H and O–H groups in total. The van der Waals surface area contributed by atoms with Crippen LogP contribution in [0.4, 0.5) is 0 Å². The van der Waals surface area contributed by atoms with Crippen LogP contribution in [0.15, 0.2) is 47.4 Å². The number of nitrogens with one attached hydrogen (secondary N) is 2. The Bertz CT molecular complexity index is 1090. The van der Waals surface area contributed by atoms with Gasteiger partial charge in [-0.15, -0.1) is 0 Å². The number of hydrogen-bond acceptors (Lipinski definition) is 4. The van der Waals surface area contributed by atoms with E-state index >= 15 is 0 Å². The number of benzene rings is 2. The zero-order valence-corrected chi connectivity index (χ0v) is 16.1. The Labute approximate surface area is 158 Å². The summed E-state index contributed by atoms with van der Waals surface area (Å²) in [4.78, 5) is 3.57. The van der Waals surface area contributed by atoms with Gasteiger partial charge >= 0.3 is 0 Å². The highest BCUT2D eigenvalue weighted by Crippen LogP contribution is 2.31. The monoisotopic (exact) mass is 386 g/mol. The largest absolute Gasteiger partial charge is 0.497 e. The average Bonchev–Trinajstić information content (AvgIpc) is 3.05. The van der Waals surface area contributed by atoms with E-state index in [0.29, 0.717) is 12.2 Å². The summed E-state index contributed by atoms with van der Waals surface area (Å²) < 4.78 is 39.2. The summed E-state index contributed by atoms with van der Waals surface area (Å²) in [6.45, 7) is 0. The molecule has 1 heterocycles. The molecule has 1 unspecified atom stereocenters. The molecule has 142 valence electrons. The van der Waals surface area contributed by atoms with Crippen molar-refractivity contribution in [2.45, 2.75) is 30.2 Å². The molecule has 0 saturated heterocycles. The number of aryl methyl sites for hydroxylation is 1. The van der Waals surface area contributed by atoms with Crippen LogP contribution in [-0.4, -0.2) is 33.7 Å². The first-order valence-electron chi connectivity index (χ1n) is 8.84. The van der Waals surface area contributed by atoms with E-state index < -0.39 is 10.0 Å². The number of sulfonamides is 1. The molecule has 0 spiro atoms. The summed E-state index contributed by atoms with van der Waals surface area (Å²) in [5, 5.41) is 1.17. The number of ether oxygens (including phenoxy) is 2. The van der Waals surface area contributed by atoms with E-state index in [1.807, 2.05) is 12.1 Å². The maximum absolute atomic E-state index is 13.0. The quantitative estimate of drug-likeness (QED) is 0.706. The van der Waals surface area contributed by atoms with Crippen molar-refractivity contribution in [3.63, 3.8) is 0 Å². The lowest BCUT2D eigenvalue weighted by Crippen LogP contribution is -2.38. The number of methoxy groups -OCH3 is 2. The van der Waals surface area contributed by atoms with Gasteiger partial charge in [0.15, 0.2) is 0 Å². The Balaban J connectivity index is 1.61. The van der Waals surface area contributed by atoms with Crippen LogP contribution < -0.4 is 14.2 Å². The number of para-hydroxylation sites is 1. The molecular formula is C20H22N2O4S. The van der Waals surface area contributed by atoms with Gasteiger partial charge in [0.25, 0.3) is 0 Å². The fraction of sp³-hybridized carbons (Fsp3) is 0.300. The number of fused-ring (bicyclic) bond motifs is 3. The molecule has 2 aromatic carbocycles. The van der Waals surface area contributed by atoms with Gasteiger partial charge in [-0.05, 0) is 43.0 Å². The van der Waals surface area contributed by atoms with Crippen molar-refractivity contribution in [1.82, 2.24) is 9.71 Å². The minimum absolute atomic E-state index is 0.121. The summed E-state index contributed by atoms with van der Waals surface area (Å²) in [5.41, 5.74) is 3.50. The molecule has 0 bridgehead atoms. The normalized spacial score (nSPS) is 16.9. The lowest BCUT2D eigenvalue weighted by atomic mass is 9.92. The fourth-order valence-electron chi connectivity index (χ4n) is 3.75. The Morgan fingerprint density at radius 1 is 1.11 bits per heavy atom. The molecule has 3 aromatic rings. The summed E-state index contributed by atoms with van der Waals surface area (Å²) in [7, 11) is -0.727. The Morgan fingerprint density at radius 2 is 1.93 bits per heavy atom. The molecule has 0 fully saturated rings. The van der Waals surface area contributed by atoms with Gasteiger partial charge in [-0.2, -0.15) is 0 Å². The topological polar surface area (TPSA) is 80.4 Å².